The van der Waals surface area contributed by atoms with E-state index in [1.54, 1.807) is 0 Å². The third kappa shape index (κ3) is 2.43. The Morgan fingerprint density at radius 2 is 2.50 bits per heavy atom. The van der Waals surface area contributed by atoms with Crippen molar-refractivity contribution in [2.24, 2.45) is 5.73 Å². The van der Waals surface area contributed by atoms with Gasteiger partial charge in [0.2, 0.25) is 0 Å². The second-order valence-corrected chi connectivity index (χ2v) is 6.55. The molecule has 4 heteroatoms. The van der Waals surface area contributed by atoms with E-state index in [-0.39, 0.29) is 6.04 Å². The van der Waals surface area contributed by atoms with Crippen LogP contribution in [0.2, 0.25) is 0 Å². The molecule has 1 fully saturated rings. The Hall–Kier alpha value is -0.480. The van der Waals surface area contributed by atoms with Crippen LogP contribution < -0.4 is 5.73 Å². The topological polar surface area (TPSA) is 43.8 Å². The minimum atomic E-state index is 0.123. The van der Waals surface area contributed by atoms with Gasteiger partial charge in [0.25, 0.3) is 0 Å². The van der Waals surface area contributed by atoms with Crippen LogP contribution in [-0.2, 0) is 6.54 Å². The first-order valence-electron chi connectivity index (χ1n) is 6.04. The van der Waals surface area contributed by atoms with Crippen LogP contribution in [0, 0.1) is 0 Å². The van der Waals surface area contributed by atoms with Gasteiger partial charge in [-0.15, -0.1) is 0 Å². The number of nitrogens with zero attached hydrogens (tertiary/aromatic N) is 2. The fourth-order valence-corrected chi connectivity index (χ4v) is 3.60. The minimum Gasteiger partial charge on any atom is -0.332 e. The van der Waals surface area contributed by atoms with Crippen molar-refractivity contribution >= 4 is 11.8 Å². The molecule has 1 unspecified atom stereocenters. The van der Waals surface area contributed by atoms with Gasteiger partial charge in [-0.2, -0.15) is 11.8 Å². The molecule has 0 aliphatic carbocycles. The molecule has 2 atom stereocenters. The van der Waals surface area contributed by atoms with Crippen LogP contribution in [0.3, 0.4) is 0 Å². The highest BCUT2D eigenvalue weighted by Gasteiger charge is 2.30. The Bertz CT molecular complexity index is 342. The Morgan fingerprint density at radius 3 is 3.12 bits per heavy atom. The van der Waals surface area contributed by atoms with Gasteiger partial charge in [0.1, 0.15) is 0 Å². The summed E-state index contributed by atoms with van der Waals surface area (Å²) >= 11 is 2.08. The number of rotatable bonds is 4. The molecular formula is C12H21N3S. The summed E-state index contributed by atoms with van der Waals surface area (Å²) in [6.45, 7) is 5.51. The smallest absolute Gasteiger partial charge is 0.0949 e. The fourth-order valence-electron chi connectivity index (χ4n) is 2.30. The average Bonchev–Trinajstić information content (AvgIpc) is 2.87. The van der Waals surface area contributed by atoms with Crippen LogP contribution in [-0.4, -0.2) is 20.1 Å². The van der Waals surface area contributed by atoms with Gasteiger partial charge < -0.3 is 10.3 Å². The van der Waals surface area contributed by atoms with Crippen LogP contribution >= 0.6 is 11.8 Å². The number of imidazole rings is 1. The highest BCUT2D eigenvalue weighted by molar-refractivity contribution is 8.00. The summed E-state index contributed by atoms with van der Waals surface area (Å²) in [6, 6.07) is 0.123. The van der Waals surface area contributed by atoms with Gasteiger partial charge in [-0.3, -0.25) is 0 Å². The third-order valence-electron chi connectivity index (χ3n) is 3.37. The lowest BCUT2D eigenvalue weighted by Gasteiger charge is -2.25. The van der Waals surface area contributed by atoms with E-state index < -0.39 is 0 Å². The molecule has 0 spiro atoms. The van der Waals surface area contributed by atoms with Gasteiger partial charge in [-0.1, -0.05) is 6.92 Å². The fraction of sp³-hybridized carbons (Fsp3) is 0.750. The lowest BCUT2D eigenvalue weighted by atomic mass is 10.1. The molecule has 1 aromatic rings. The number of thioether (sulfide) groups is 1. The summed E-state index contributed by atoms with van der Waals surface area (Å²) in [5.41, 5.74) is 7.27. The molecule has 0 radical (unpaired) electrons. The lowest BCUT2D eigenvalue weighted by Crippen LogP contribution is -2.26. The molecule has 16 heavy (non-hydrogen) atoms. The molecule has 3 nitrogen and oxygen atoms in total. The Labute approximate surface area is 102 Å². The van der Waals surface area contributed by atoms with Crippen LogP contribution in [0.1, 0.15) is 44.8 Å². The summed E-state index contributed by atoms with van der Waals surface area (Å²) < 4.78 is 2.62. The highest BCUT2D eigenvalue weighted by Crippen LogP contribution is 2.39. The van der Waals surface area contributed by atoms with Gasteiger partial charge in [0.15, 0.2) is 0 Å². The molecule has 0 aromatic carbocycles. The van der Waals surface area contributed by atoms with Crippen molar-refractivity contribution in [1.82, 2.24) is 9.55 Å². The second-order valence-electron chi connectivity index (χ2n) is 4.86. The zero-order valence-electron chi connectivity index (χ0n) is 10.1. The second kappa shape index (κ2) is 4.80. The largest absolute Gasteiger partial charge is 0.332 e. The van der Waals surface area contributed by atoms with Crippen molar-refractivity contribution in [1.29, 1.82) is 0 Å². The number of hydrogen-bond donors (Lipinski definition) is 1. The third-order valence-corrected chi connectivity index (χ3v) is 4.89. The number of nitrogens with two attached hydrogens (primary N) is 1. The average molecular weight is 239 g/mol. The monoisotopic (exact) mass is 239 g/mol. The van der Waals surface area contributed by atoms with E-state index >= 15 is 0 Å². The Balaban J connectivity index is 2.12. The summed E-state index contributed by atoms with van der Waals surface area (Å²) in [5.74, 6) is 1.29. The SMILES string of the molecule is CC[C@@H](N)c1cncn1CC1(C)CCCS1. The van der Waals surface area contributed by atoms with E-state index in [1.165, 1.54) is 24.3 Å². The molecule has 2 rings (SSSR count). The Morgan fingerprint density at radius 1 is 1.69 bits per heavy atom. The van der Waals surface area contributed by atoms with Crippen LogP contribution in [0.5, 0.6) is 0 Å². The maximum absolute atomic E-state index is 6.09. The molecule has 0 amide bonds. The molecule has 1 aromatic heterocycles. The van der Waals surface area contributed by atoms with Gasteiger partial charge >= 0.3 is 0 Å². The summed E-state index contributed by atoms with van der Waals surface area (Å²) in [4.78, 5) is 4.24. The quantitative estimate of drug-likeness (QED) is 0.878. The van der Waals surface area contributed by atoms with Crippen LogP contribution in [0.15, 0.2) is 12.5 Å². The first-order chi connectivity index (χ1) is 7.64. The zero-order chi connectivity index (χ0) is 11.6. The molecule has 1 aliphatic rings. The number of hydrogen-bond acceptors (Lipinski definition) is 3. The summed E-state index contributed by atoms with van der Waals surface area (Å²) in [6.07, 6.45) is 7.45. The number of aromatic nitrogens is 2. The molecule has 90 valence electrons. The molecule has 0 saturated carbocycles. The first-order valence-corrected chi connectivity index (χ1v) is 7.03. The maximum Gasteiger partial charge on any atom is 0.0949 e. The highest BCUT2D eigenvalue weighted by atomic mass is 32.2. The summed E-state index contributed by atoms with van der Waals surface area (Å²) in [5, 5.41) is 0. The van der Waals surface area contributed by atoms with Gasteiger partial charge in [0.05, 0.1) is 12.0 Å². The van der Waals surface area contributed by atoms with Crippen LogP contribution in [0.25, 0.3) is 0 Å². The molecule has 2 heterocycles. The van der Waals surface area contributed by atoms with Gasteiger partial charge in [0, 0.05) is 23.5 Å². The van der Waals surface area contributed by atoms with Crippen molar-refractivity contribution < 1.29 is 0 Å². The van der Waals surface area contributed by atoms with Crippen LogP contribution in [0.4, 0.5) is 0 Å². The van der Waals surface area contributed by atoms with E-state index in [0.717, 1.165) is 13.0 Å². The predicted molar refractivity (Wildman–Crippen MR) is 69.5 cm³/mol. The van der Waals surface area contributed by atoms with Gasteiger partial charge in [-0.25, -0.2) is 4.98 Å². The molecular weight excluding hydrogens is 218 g/mol. The van der Waals surface area contributed by atoms with Crippen molar-refractivity contribution in [2.45, 2.75) is 50.4 Å². The van der Waals surface area contributed by atoms with Crippen molar-refractivity contribution in [2.75, 3.05) is 5.75 Å². The summed E-state index contributed by atoms with van der Waals surface area (Å²) in [7, 11) is 0. The van der Waals surface area contributed by atoms with E-state index in [2.05, 4.69) is 35.2 Å². The molecule has 2 N–H and O–H groups in total. The normalized spacial score (nSPS) is 27.2. The standard InChI is InChI=1S/C12H21N3S/c1-3-10(13)11-7-14-9-15(11)8-12(2)5-4-6-16-12/h7,9-10H,3-6,8,13H2,1-2H3/t10-,12?/m1/s1. The van der Waals surface area contributed by atoms with E-state index in [4.69, 9.17) is 5.73 Å². The molecule has 0 bridgehead atoms. The van der Waals surface area contributed by atoms with E-state index in [0.29, 0.717) is 4.75 Å². The van der Waals surface area contributed by atoms with E-state index in [9.17, 15) is 0 Å². The maximum atomic E-state index is 6.09. The minimum absolute atomic E-state index is 0.123. The predicted octanol–water partition coefficient (Wildman–Crippen LogP) is 2.58. The first kappa shape index (κ1) is 12.0. The van der Waals surface area contributed by atoms with Crippen molar-refractivity contribution in [3.05, 3.63) is 18.2 Å². The molecule has 1 saturated heterocycles. The van der Waals surface area contributed by atoms with E-state index in [1.807, 2.05) is 12.5 Å². The molecule has 1 aliphatic heterocycles. The van der Waals surface area contributed by atoms with Gasteiger partial charge in [-0.05, 0) is 31.9 Å². The lowest BCUT2D eigenvalue weighted by molar-refractivity contribution is 0.485. The Kier molecular flexibility index (Phi) is 3.60. The van der Waals surface area contributed by atoms with Crippen molar-refractivity contribution in [3.63, 3.8) is 0 Å². The zero-order valence-corrected chi connectivity index (χ0v) is 11.0. The van der Waals surface area contributed by atoms with Crippen molar-refractivity contribution in [3.8, 4) is 0 Å².